The first-order chi connectivity index (χ1) is 8.51. The fourth-order valence-electron chi connectivity index (χ4n) is 2.40. The largest absolute Gasteiger partial charge is 0.481 e. The minimum Gasteiger partial charge on any atom is -0.481 e. The van der Waals surface area contributed by atoms with Crippen LogP contribution in [0.15, 0.2) is 18.6 Å². The van der Waals surface area contributed by atoms with Crippen molar-refractivity contribution in [2.45, 2.75) is 26.7 Å². The van der Waals surface area contributed by atoms with E-state index in [9.17, 15) is 9.90 Å². The molecule has 0 bridgehead atoms. The van der Waals surface area contributed by atoms with E-state index in [4.69, 9.17) is 0 Å². The van der Waals surface area contributed by atoms with E-state index in [1.54, 1.807) is 32.4 Å². The number of anilines is 1. The van der Waals surface area contributed by atoms with E-state index in [-0.39, 0.29) is 5.92 Å². The fourth-order valence-corrected chi connectivity index (χ4v) is 2.40. The summed E-state index contributed by atoms with van der Waals surface area (Å²) < 4.78 is 0. The van der Waals surface area contributed by atoms with Crippen molar-refractivity contribution in [1.82, 2.24) is 9.97 Å². The molecule has 5 heteroatoms. The molecule has 0 spiro atoms. The summed E-state index contributed by atoms with van der Waals surface area (Å²) in [5, 5.41) is 9.30. The summed E-state index contributed by atoms with van der Waals surface area (Å²) >= 11 is 0. The third kappa shape index (κ3) is 2.44. The van der Waals surface area contributed by atoms with Gasteiger partial charge in [-0.05, 0) is 32.6 Å². The Bertz CT molecular complexity index is 420. The van der Waals surface area contributed by atoms with Gasteiger partial charge in [0.1, 0.15) is 5.82 Å². The van der Waals surface area contributed by atoms with Gasteiger partial charge in [-0.2, -0.15) is 0 Å². The van der Waals surface area contributed by atoms with Crippen LogP contribution in [0.5, 0.6) is 0 Å². The van der Waals surface area contributed by atoms with Crippen molar-refractivity contribution < 1.29 is 9.90 Å². The number of nitrogens with zero attached hydrogens (tertiary/aromatic N) is 3. The van der Waals surface area contributed by atoms with Gasteiger partial charge < -0.3 is 10.0 Å². The molecule has 1 aliphatic rings. The number of hydrogen-bond acceptors (Lipinski definition) is 4. The summed E-state index contributed by atoms with van der Waals surface area (Å²) in [7, 11) is 0. The Morgan fingerprint density at radius 1 is 1.50 bits per heavy atom. The first-order valence-electron chi connectivity index (χ1n) is 6.26. The molecule has 1 aliphatic heterocycles. The molecule has 2 heterocycles. The average Bonchev–Trinajstić information content (AvgIpc) is 2.40. The molecule has 0 aliphatic carbocycles. The van der Waals surface area contributed by atoms with E-state index >= 15 is 0 Å². The van der Waals surface area contributed by atoms with Crippen LogP contribution >= 0.6 is 0 Å². The minimum absolute atomic E-state index is 0.144. The first-order valence-corrected chi connectivity index (χ1v) is 6.26. The summed E-state index contributed by atoms with van der Waals surface area (Å²) in [6.07, 6.45) is 7.00. The van der Waals surface area contributed by atoms with Crippen molar-refractivity contribution in [2.24, 2.45) is 11.3 Å². The van der Waals surface area contributed by atoms with Crippen LogP contribution in [0.4, 0.5) is 5.82 Å². The van der Waals surface area contributed by atoms with Crippen LogP contribution in [0.25, 0.3) is 0 Å². The van der Waals surface area contributed by atoms with Crippen LogP contribution < -0.4 is 4.90 Å². The van der Waals surface area contributed by atoms with Gasteiger partial charge in [0, 0.05) is 25.5 Å². The Morgan fingerprint density at radius 2 is 2.28 bits per heavy atom. The van der Waals surface area contributed by atoms with Crippen LogP contribution in [-0.4, -0.2) is 34.1 Å². The maximum Gasteiger partial charge on any atom is 0.309 e. The average molecular weight is 249 g/mol. The van der Waals surface area contributed by atoms with Crippen molar-refractivity contribution in [3.05, 3.63) is 18.6 Å². The number of aromatic nitrogens is 2. The molecular formula is C13H19N3O2. The van der Waals surface area contributed by atoms with Crippen molar-refractivity contribution in [1.29, 1.82) is 0 Å². The van der Waals surface area contributed by atoms with Crippen molar-refractivity contribution in [3.63, 3.8) is 0 Å². The number of carboxylic acid groups (broad SMARTS) is 1. The molecule has 0 saturated carbocycles. The zero-order chi connectivity index (χ0) is 13.2. The standard InChI is InChI=1S/C13H19N3O2/c1-13(2,12(17)18)10-4-3-7-16(9-10)11-8-14-5-6-15-11/h5-6,8,10H,3-4,7,9H2,1-2H3,(H,17,18). The summed E-state index contributed by atoms with van der Waals surface area (Å²) in [4.78, 5) is 21.8. The van der Waals surface area contributed by atoms with Gasteiger partial charge in [0.15, 0.2) is 0 Å². The smallest absolute Gasteiger partial charge is 0.309 e. The third-order valence-electron chi connectivity index (χ3n) is 3.87. The number of aliphatic carboxylic acids is 1. The lowest BCUT2D eigenvalue weighted by molar-refractivity contribution is -0.150. The zero-order valence-electron chi connectivity index (χ0n) is 10.8. The molecule has 18 heavy (non-hydrogen) atoms. The second-order valence-electron chi connectivity index (χ2n) is 5.38. The summed E-state index contributed by atoms with van der Waals surface area (Å²) in [5.74, 6) is 0.252. The van der Waals surface area contributed by atoms with E-state index in [0.29, 0.717) is 0 Å². The summed E-state index contributed by atoms with van der Waals surface area (Å²) in [5.41, 5.74) is -0.694. The van der Waals surface area contributed by atoms with E-state index < -0.39 is 11.4 Å². The highest BCUT2D eigenvalue weighted by Gasteiger charge is 2.39. The molecule has 1 fully saturated rings. The van der Waals surface area contributed by atoms with Gasteiger partial charge in [-0.25, -0.2) is 4.98 Å². The molecule has 1 aromatic rings. The van der Waals surface area contributed by atoms with Gasteiger partial charge in [0.05, 0.1) is 11.6 Å². The van der Waals surface area contributed by atoms with Crippen LogP contribution in [0.1, 0.15) is 26.7 Å². The Labute approximate surface area is 107 Å². The molecule has 0 amide bonds. The lowest BCUT2D eigenvalue weighted by Gasteiger charge is -2.39. The monoisotopic (exact) mass is 249 g/mol. The molecule has 5 nitrogen and oxygen atoms in total. The highest BCUT2D eigenvalue weighted by molar-refractivity contribution is 5.74. The Kier molecular flexibility index (Phi) is 3.50. The number of carboxylic acids is 1. The molecule has 1 N–H and O–H groups in total. The molecule has 1 aromatic heterocycles. The molecule has 2 rings (SSSR count). The molecule has 1 unspecified atom stereocenters. The SMILES string of the molecule is CC(C)(C(=O)O)C1CCCN(c2cnccn2)C1. The Morgan fingerprint density at radius 3 is 2.89 bits per heavy atom. The molecule has 0 radical (unpaired) electrons. The topological polar surface area (TPSA) is 66.3 Å². The van der Waals surface area contributed by atoms with E-state index in [1.807, 2.05) is 0 Å². The second kappa shape index (κ2) is 4.92. The van der Waals surface area contributed by atoms with Gasteiger partial charge in [-0.1, -0.05) is 0 Å². The zero-order valence-corrected chi connectivity index (χ0v) is 10.8. The van der Waals surface area contributed by atoms with E-state index in [2.05, 4.69) is 14.9 Å². The van der Waals surface area contributed by atoms with Crippen LogP contribution in [0, 0.1) is 11.3 Å². The van der Waals surface area contributed by atoms with E-state index in [0.717, 1.165) is 31.7 Å². The van der Waals surface area contributed by atoms with Crippen LogP contribution in [-0.2, 0) is 4.79 Å². The Hall–Kier alpha value is -1.65. The van der Waals surface area contributed by atoms with Crippen molar-refractivity contribution in [3.8, 4) is 0 Å². The molecule has 0 aromatic carbocycles. The van der Waals surface area contributed by atoms with Crippen molar-refractivity contribution >= 4 is 11.8 Å². The molecule has 1 atom stereocenters. The molecule has 98 valence electrons. The maximum atomic E-state index is 11.3. The fraction of sp³-hybridized carbons (Fsp3) is 0.615. The highest BCUT2D eigenvalue weighted by atomic mass is 16.4. The van der Waals surface area contributed by atoms with Crippen molar-refractivity contribution in [2.75, 3.05) is 18.0 Å². The summed E-state index contributed by atoms with van der Waals surface area (Å²) in [6, 6.07) is 0. The lowest BCUT2D eigenvalue weighted by Crippen LogP contribution is -2.45. The number of piperidine rings is 1. The summed E-state index contributed by atoms with van der Waals surface area (Å²) in [6.45, 7) is 5.27. The second-order valence-corrected chi connectivity index (χ2v) is 5.38. The first kappa shape index (κ1) is 12.8. The third-order valence-corrected chi connectivity index (χ3v) is 3.87. The molecule has 1 saturated heterocycles. The Balaban J connectivity index is 2.12. The predicted molar refractivity (Wildman–Crippen MR) is 68.4 cm³/mol. The normalized spacial score (nSPS) is 20.8. The van der Waals surface area contributed by atoms with E-state index in [1.165, 1.54) is 0 Å². The van der Waals surface area contributed by atoms with Crippen LogP contribution in [0.2, 0.25) is 0 Å². The highest BCUT2D eigenvalue weighted by Crippen LogP contribution is 2.35. The van der Waals surface area contributed by atoms with Gasteiger partial charge in [0.2, 0.25) is 0 Å². The van der Waals surface area contributed by atoms with Gasteiger partial charge in [-0.3, -0.25) is 9.78 Å². The maximum absolute atomic E-state index is 11.3. The number of hydrogen-bond donors (Lipinski definition) is 1. The number of rotatable bonds is 3. The minimum atomic E-state index is -0.728. The lowest BCUT2D eigenvalue weighted by atomic mass is 9.74. The molecular weight excluding hydrogens is 230 g/mol. The predicted octanol–water partition coefficient (Wildman–Crippen LogP) is 1.80. The van der Waals surface area contributed by atoms with Gasteiger partial charge in [0.25, 0.3) is 0 Å². The van der Waals surface area contributed by atoms with Crippen LogP contribution in [0.3, 0.4) is 0 Å². The quantitative estimate of drug-likeness (QED) is 0.884. The van der Waals surface area contributed by atoms with Gasteiger partial charge >= 0.3 is 5.97 Å². The number of carbonyl (C=O) groups is 1. The van der Waals surface area contributed by atoms with Gasteiger partial charge in [-0.15, -0.1) is 0 Å².